The summed E-state index contributed by atoms with van der Waals surface area (Å²) in [6.45, 7) is 1.86. The zero-order valence-electron chi connectivity index (χ0n) is 14.2. The average Bonchev–Trinajstić information content (AvgIpc) is 3.24. The highest BCUT2D eigenvalue weighted by molar-refractivity contribution is 7.18. The van der Waals surface area contributed by atoms with Gasteiger partial charge in [-0.3, -0.25) is 4.79 Å². The summed E-state index contributed by atoms with van der Waals surface area (Å²) < 4.78 is 12.0. The van der Waals surface area contributed by atoms with Crippen LogP contribution < -0.4 is 4.74 Å². The largest absolute Gasteiger partial charge is 0.484 e. The van der Waals surface area contributed by atoms with E-state index < -0.39 is 5.91 Å². The molecule has 0 aliphatic rings. The van der Waals surface area contributed by atoms with Crippen molar-refractivity contribution in [1.82, 2.24) is 14.9 Å². The van der Waals surface area contributed by atoms with Crippen LogP contribution in [0.1, 0.15) is 21.4 Å². The molecule has 9 heteroatoms. The molecule has 0 saturated heterocycles. The average molecular weight is 377 g/mol. The Morgan fingerprint density at radius 2 is 2.04 bits per heavy atom. The number of oxazole rings is 1. The fourth-order valence-corrected chi connectivity index (χ4v) is 3.26. The Bertz CT molecular complexity index is 886. The molecule has 3 rings (SSSR count). The van der Waals surface area contributed by atoms with Crippen LogP contribution in [0.15, 0.2) is 28.9 Å². The molecule has 2 aromatic heterocycles. The van der Waals surface area contributed by atoms with Gasteiger partial charge < -0.3 is 24.3 Å². The third-order valence-corrected chi connectivity index (χ3v) is 4.58. The molecule has 0 spiro atoms. The maximum Gasteiger partial charge on any atom is 0.275 e. The molecule has 1 aromatic carbocycles. The standard InChI is InChI=1S/C17H19N3O5S/c1-11-18-13-8-12(2-3-15(13)26-11)24-10-16-19-14(9-25-16)17(23)20(4-6-21)5-7-22/h2-3,8-9,21-22H,4-7,10H2,1H3. The fourth-order valence-electron chi connectivity index (χ4n) is 2.45. The molecule has 0 aliphatic heterocycles. The van der Waals surface area contributed by atoms with Gasteiger partial charge in [0, 0.05) is 19.2 Å². The van der Waals surface area contributed by atoms with Crippen molar-refractivity contribution in [2.75, 3.05) is 26.3 Å². The number of benzene rings is 1. The lowest BCUT2D eigenvalue weighted by Crippen LogP contribution is -2.36. The van der Waals surface area contributed by atoms with Gasteiger partial charge >= 0.3 is 0 Å². The first-order valence-corrected chi connectivity index (χ1v) is 8.87. The van der Waals surface area contributed by atoms with Gasteiger partial charge in [0.05, 0.1) is 28.4 Å². The summed E-state index contributed by atoms with van der Waals surface area (Å²) in [5, 5.41) is 19.0. The summed E-state index contributed by atoms with van der Waals surface area (Å²) in [7, 11) is 0. The maximum atomic E-state index is 12.3. The molecular weight excluding hydrogens is 358 g/mol. The van der Waals surface area contributed by atoms with Crippen LogP contribution >= 0.6 is 11.3 Å². The lowest BCUT2D eigenvalue weighted by atomic mass is 10.3. The van der Waals surface area contributed by atoms with Crippen LogP contribution in [0.4, 0.5) is 0 Å². The molecule has 26 heavy (non-hydrogen) atoms. The third-order valence-electron chi connectivity index (χ3n) is 3.63. The van der Waals surface area contributed by atoms with Crippen LogP contribution in [0.3, 0.4) is 0 Å². The third kappa shape index (κ3) is 4.18. The molecule has 0 unspecified atom stereocenters. The Balaban J connectivity index is 1.64. The number of carbonyl (C=O) groups is 1. The summed E-state index contributed by atoms with van der Waals surface area (Å²) in [6.07, 6.45) is 1.25. The quantitative estimate of drug-likeness (QED) is 0.614. The molecule has 2 heterocycles. The Hall–Kier alpha value is -2.49. The lowest BCUT2D eigenvalue weighted by Gasteiger charge is -2.18. The minimum atomic E-state index is -0.414. The van der Waals surface area contributed by atoms with E-state index in [1.807, 2.05) is 25.1 Å². The van der Waals surface area contributed by atoms with E-state index in [9.17, 15) is 4.79 Å². The second kappa shape index (κ2) is 8.26. The van der Waals surface area contributed by atoms with Gasteiger partial charge in [0.2, 0.25) is 5.89 Å². The van der Waals surface area contributed by atoms with Gasteiger partial charge in [-0.25, -0.2) is 9.97 Å². The molecule has 2 N–H and O–H groups in total. The second-order valence-corrected chi connectivity index (χ2v) is 6.75. The van der Waals surface area contributed by atoms with Crippen molar-refractivity contribution < 1.29 is 24.2 Å². The van der Waals surface area contributed by atoms with Crippen LogP contribution in [0, 0.1) is 6.92 Å². The Morgan fingerprint density at radius 3 is 2.77 bits per heavy atom. The minimum Gasteiger partial charge on any atom is -0.484 e. The number of hydrogen-bond donors (Lipinski definition) is 2. The molecule has 0 radical (unpaired) electrons. The normalized spacial score (nSPS) is 11.0. The molecule has 0 atom stereocenters. The van der Waals surface area contributed by atoms with Crippen molar-refractivity contribution in [3.05, 3.63) is 41.1 Å². The van der Waals surface area contributed by atoms with E-state index in [0.717, 1.165) is 15.2 Å². The molecular formula is C17H19N3O5S. The van der Waals surface area contributed by atoms with Crippen LogP contribution in [0.25, 0.3) is 10.2 Å². The molecule has 0 aliphatic carbocycles. The van der Waals surface area contributed by atoms with Gasteiger partial charge in [0.25, 0.3) is 5.91 Å². The molecule has 0 saturated carbocycles. The predicted molar refractivity (Wildman–Crippen MR) is 95.3 cm³/mol. The van der Waals surface area contributed by atoms with Crippen molar-refractivity contribution >= 4 is 27.5 Å². The van der Waals surface area contributed by atoms with Crippen molar-refractivity contribution in [2.24, 2.45) is 0 Å². The number of aromatic nitrogens is 2. The molecule has 3 aromatic rings. The highest BCUT2D eigenvalue weighted by Crippen LogP contribution is 2.26. The van der Waals surface area contributed by atoms with E-state index in [2.05, 4.69) is 9.97 Å². The predicted octanol–water partition coefficient (Wildman–Crippen LogP) is 1.60. The van der Waals surface area contributed by atoms with Gasteiger partial charge in [-0.1, -0.05) is 0 Å². The van der Waals surface area contributed by atoms with Gasteiger partial charge in [0.15, 0.2) is 12.3 Å². The zero-order chi connectivity index (χ0) is 18.5. The number of rotatable bonds is 8. The number of aryl methyl sites for hydroxylation is 1. The van der Waals surface area contributed by atoms with Gasteiger partial charge in [-0.15, -0.1) is 11.3 Å². The highest BCUT2D eigenvalue weighted by atomic mass is 32.1. The van der Waals surface area contributed by atoms with Crippen LogP contribution in [-0.4, -0.2) is 57.3 Å². The Morgan fingerprint density at radius 1 is 1.27 bits per heavy atom. The molecule has 1 amide bonds. The number of nitrogens with zero attached hydrogens (tertiary/aromatic N) is 3. The number of ether oxygens (including phenoxy) is 1. The van der Waals surface area contributed by atoms with Gasteiger partial charge in [-0.05, 0) is 19.1 Å². The summed E-state index contributed by atoms with van der Waals surface area (Å²) in [5.41, 5.74) is 0.980. The van der Waals surface area contributed by atoms with E-state index in [4.69, 9.17) is 19.4 Å². The maximum absolute atomic E-state index is 12.3. The Labute approximate surface area is 153 Å². The first kappa shape index (κ1) is 18.3. The molecule has 8 nitrogen and oxygen atoms in total. The number of hydrogen-bond acceptors (Lipinski definition) is 8. The van der Waals surface area contributed by atoms with Crippen molar-refractivity contribution in [1.29, 1.82) is 0 Å². The van der Waals surface area contributed by atoms with Crippen LogP contribution in [0.5, 0.6) is 5.75 Å². The van der Waals surface area contributed by atoms with Crippen molar-refractivity contribution in [2.45, 2.75) is 13.5 Å². The van der Waals surface area contributed by atoms with E-state index in [1.165, 1.54) is 11.2 Å². The summed E-state index contributed by atoms with van der Waals surface area (Å²) in [4.78, 5) is 22.1. The van der Waals surface area contributed by atoms with Crippen LogP contribution in [0.2, 0.25) is 0 Å². The van der Waals surface area contributed by atoms with Gasteiger partial charge in [0.1, 0.15) is 12.0 Å². The number of thiazole rings is 1. The van der Waals surface area contributed by atoms with Crippen LogP contribution in [-0.2, 0) is 6.61 Å². The summed E-state index contributed by atoms with van der Waals surface area (Å²) in [5.74, 6) is 0.481. The molecule has 0 fully saturated rings. The monoisotopic (exact) mass is 377 g/mol. The Kier molecular flexibility index (Phi) is 5.82. The first-order valence-electron chi connectivity index (χ1n) is 8.06. The van der Waals surface area contributed by atoms with E-state index in [1.54, 1.807) is 11.3 Å². The fraction of sp³-hybridized carbons (Fsp3) is 0.353. The SMILES string of the molecule is Cc1nc2cc(OCc3nc(C(=O)N(CCO)CCO)co3)ccc2s1. The summed E-state index contributed by atoms with van der Waals surface area (Å²) >= 11 is 1.62. The topological polar surface area (TPSA) is 109 Å². The van der Waals surface area contributed by atoms with E-state index in [-0.39, 0.29) is 44.5 Å². The summed E-state index contributed by atoms with van der Waals surface area (Å²) in [6, 6.07) is 5.64. The van der Waals surface area contributed by atoms with E-state index in [0.29, 0.717) is 5.75 Å². The van der Waals surface area contributed by atoms with Crippen molar-refractivity contribution in [3.8, 4) is 5.75 Å². The number of aliphatic hydroxyl groups excluding tert-OH is 2. The number of amides is 1. The molecule has 0 bridgehead atoms. The van der Waals surface area contributed by atoms with E-state index >= 15 is 0 Å². The smallest absolute Gasteiger partial charge is 0.275 e. The molecule has 138 valence electrons. The number of aliphatic hydroxyl groups is 2. The lowest BCUT2D eigenvalue weighted by molar-refractivity contribution is 0.0679. The first-order chi connectivity index (χ1) is 12.6. The zero-order valence-corrected chi connectivity index (χ0v) is 15.0. The second-order valence-electron chi connectivity index (χ2n) is 5.52. The minimum absolute atomic E-state index is 0.0713. The van der Waals surface area contributed by atoms with Gasteiger partial charge in [-0.2, -0.15) is 0 Å². The van der Waals surface area contributed by atoms with Crippen molar-refractivity contribution in [3.63, 3.8) is 0 Å². The highest BCUT2D eigenvalue weighted by Gasteiger charge is 2.19. The number of carbonyl (C=O) groups excluding carboxylic acids is 1. The number of fused-ring (bicyclic) bond motifs is 1.